The van der Waals surface area contributed by atoms with Gasteiger partial charge in [-0.2, -0.15) is 0 Å². The van der Waals surface area contributed by atoms with E-state index in [0.717, 1.165) is 11.3 Å². The van der Waals surface area contributed by atoms with E-state index in [9.17, 15) is 0 Å². The molecule has 1 N–H and O–H groups in total. The van der Waals surface area contributed by atoms with Crippen molar-refractivity contribution in [3.05, 3.63) is 23.9 Å². The molecule has 0 aromatic rings. The molecule has 0 aliphatic heterocycles. The van der Waals surface area contributed by atoms with E-state index >= 15 is 0 Å². The van der Waals surface area contributed by atoms with Crippen LogP contribution in [0.5, 0.6) is 0 Å². The Morgan fingerprint density at radius 2 is 2.00 bits per heavy atom. The second-order valence-electron chi connectivity index (χ2n) is 2.36. The summed E-state index contributed by atoms with van der Waals surface area (Å²) in [6.45, 7) is 9.07. The van der Waals surface area contributed by atoms with Gasteiger partial charge in [0.15, 0.2) is 0 Å². The minimum absolute atomic E-state index is 0.525. The molecule has 0 radical (unpaired) electrons. The number of hydrogen-bond donors (Lipinski definition) is 1. The SMILES string of the molecule is C=C(C)N=C/C(=C\C)C(C)=N. The monoisotopic (exact) mass is 150 g/mol. The van der Waals surface area contributed by atoms with Gasteiger partial charge in [0.1, 0.15) is 0 Å². The first-order valence-electron chi connectivity index (χ1n) is 3.49. The van der Waals surface area contributed by atoms with Crippen LogP contribution in [0.2, 0.25) is 0 Å². The van der Waals surface area contributed by atoms with Crippen LogP contribution in [0.1, 0.15) is 20.8 Å². The zero-order valence-corrected chi connectivity index (χ0v) is 7.31. The minimum Gasteiger partial charge on any atom is -0.305 e. The molecular formula is C9H14N2. The van der Waals surface area contributed by atoms with Crippen molar-refractivity contribution in [2.75, 3.05) is 0 Å². The standard InChI is InChI=1S/C9H14N2/c1-5-9(8(4)10)6-11-7(2)3/h5-6,10H,2H2,1,3-4H3/b9-5+,10-8?,11-6?. The molecule has 0 rings (SSSR count). The molecule has 0 atom stereocenters. The lowest BCUT2D eigenvalue weighted by Crippen LogP contribution is -1.95. The van der Waals surface area contributed by atoms with Crippen LogP contribution in [0.25, 0.3) is 0 Å². The van der Waals surface area contributed by atoms with Crippen molar-refractivity contribution in [2.24, 2.45) is 4.99 Å². The molecule has 0 saturated carbocycles. The highest BCUT2D eigenvalue weighted by atomic mass is 14.7. The van der Waals surface area contributed by atoms with Crippen molar-refractivity contribution >= 4 is 11.9 Å². The van der Waals surface area contributed by atoms with E-state index in [1.54, 1.807) is 13.1 Å². The lowest BCUT2D eigenvalue weighted by atomic mass is 10.2. The summed E-state index contributed by atoms with van der Waals surface area (Å²) in [5, 5.41) is 7.31. The Morgan fingerprint density at radius 3 is 2.27 bits per heavy atom. The molecule has 0 spiro atoms. The van der Waals surface area contributed by atoms with E-state index in [0.29, 0.717) is 5.71 Å². The van der Waals surface area contributed by atoms with Gasteiger partial charge < -0.3 is 5.41 Å². The second kappa shape index (κ2) is 4.61. The quantitative estimate of drug-likeness (QED) is 0.600. The number of hydrogen-bond acceptors (Lipinski definition) is 2. The van der Waals surface area contributed by atoms with Gasteiger partial charge in [-0.1, -0.05) is 12.7 Å². The second-order valence-corrected chi connectivity index (χ2v) is 2.36. The van der Waals surface area contributed by atoms with E-state index in [2.05, 4.69) is 11.6 Å². The summed E-state index contributed by atoms with van der Waals surface area (Å²) in [7, 11) is 0. The van der Waals surface area contributed by atoms with Crippen molar-refractivity contribution in [3.8, 4) is 0 Å². The van der Waals surface area contributed by atoms with Crippen LogP contribution >= 0.6 is 0 Å². The molecular weight excluding hydrogens is 136 g/mol. The first kappa shape index (κ1) is 9.82. The van der Waals surface area contributed by atoms with Crippen LogP contribution in [0, 0.1) is 5.41 Å². The Bertz CT molecular complexity index is 222. The van der Waals surface area contributed by atoms with Gasteiger partial charge >= 0.3 is 0 Å². The normalized spacial score (nSPS) is 12.1. The van der Waals surface area contributed by atoms with E-state index < -0.39 is 0 Å². The molecule has 0 aliphatic rings. The van der Waals surface area contributed by atoms with E-state index in [1.165, 1.54) is 0 Å². The highest BCUT2D eigenvalue weighted by Gasteiger charge is 1.91. The third-order valence-electron chi connectivity index (χ3n) is 1.17. The van der Waals surface area contributed by atoms with Crippen molar-refractivity contribution in [1.29, 1.82) is 5.41 Å². The van der Waals surface area contributed by atoms with Gasteiger partial charge in [0.2, 0.25) is 0 Å². The number of nitrogens with one attached hydrogen (secondary N) is 1. The molecule has 0 aromatic carbocycles. The van der Waals surface area contributed by atoms with Crippen LogP contribution in [0.3, 0.4) is 0 Å². The summed E-state index contributed by atoms with van der Waals surface area (Å²) in [6.07, 6.45) is 3.51. The van der Waals surface area contributed by atoms with E-state index in [-0.39, 0.29) is 0 Å². The van der Waals surface area contributed by atoms with Crippen molar-refractivity contribution < 1.29 is 0 Å². The average molecular weight is 150 g/mol. The van der Waals surface area contributed by atoms with Gasteiger partial charge in [-0.15, -0.1) is 0 Å². The first-order valence-corrected chi connectivity index (χ1v) is 3.49. The Balaban J connectivity index is 4.34. The summed E-state index contributed by atoms with van der Waals surface area (Å²) >= 11 is 0. The van der Waals surface area contributed by atoms with Crippen LogP contribution in [0.15, 0.2) is 28.9 Å². The predicted molar refractivity (Wildman–Crippen MR) is 50.5 cm³/mol. The third kappa shape index (κ3) is 4.25. The summed E-state index contributed by atoms with van der Waals surface area (Å²) in [4.78, 5) is 3.99. The lowest BCUT2D eigenvalue weighted by molar-refractivity contribution is 1.34. The maximum Gasteiger partial charge on any atom is 0.0367 e. The molecule has 11 heavy (non-hydrogen) atoms. The van der Waals surface area contributed by atoms with Gasteiger partial charge in [0, 0.05) is 23.2 Å². The molecule has 0 amide bonds. The highest BCUT2D eigenvalue weighted by molar-refractivity contribution is 6.13. The van der Waals surface area contributed by atoms with Crippen molar-refractivity contribution in [1.82, 2.24) is 0 Å². The molecule has 0 heterocycles. The molecule has 2 heteroatoms. The first-order chi connectivity index (χ1) is 5.07. The third-order valence-corrected chi connectivity index (χ3v) is 1.17. The van der Waals surface area contributed by atoms with E-state index in [4.69, 9.17) is 5.41 Å². The van der Waals surface area contributed by atoms with Gasteiger partial charge in [0.05, 0.1) is 0 Å². The highest BCUT2D eigenvalue weighted by Crippen LogP contribution is 1.95. The molecule has 0 unspecified atom stereocenters. The Morgan fingerprint density at radius 1 is 1.45 bits per heavy atom. The average Bonchev–Trinajstić information content (AvgIpc) is 1.87. The van der Waals surface area contributed by atoms with E-state index in [1.807, 2.05) is 19.9 Å². The smallest absolute Gasteiger partial charge is 0.0367 e. The summed E-state index contributed by atoms with van der Waals surface area (Å²) < 4.78 is 0. The zero-order chi connectivity index (χ0) is 8.85. The van der Waals surface area contributed by atoms with Crippen LogP contribution in [0.4, 0.5) is 0 Å². The van der Waals surface area contributed by atoms with Crippen LogP contribution in [-0.4, -0.2) is 11.9 Å². The van der Waals surface area contributed by atoms with Gasteiger partial charge in [0.25, 0.3) is 0 Å². The molecule has 0 fully saturated rings. The Kier molecular flexibility index (Phi) is 4.11. The minimum atomic E-state index is 0.525. The van der Waals surface area contributed by atoms with Crippen molar-refractivity contribution in [2.45, 2.75) is 20.8 Å². The van der Waals surface area contributed by atoms with Crippen LogP contribution < -0.4 is 0 Å². The fraction of sp³-hybridized carbons (Fsp3) is 0.333. The molecule has 0 bridgehead atoms. The number of aliphatic imine (C=N–C) groups is 1. The number of nitrogens with zero attached hydrogens (tertiary/aromatic N) is 1. The fourth-order valence-electron chi connectivity index (χ4n) is 0.568. The lowest BCUT2D eigenvalue weighted by Gasteiger charge is -1.95. The molecule has 60 valence electrons. The summed E-state index contributed by atoms with van der Waals surface area (Å²) in [6, 6.07) is 0. The topological polar surface area (TPSA) is 36.2 Å². The molecule has 0 aromatic heterocycles. The van der Waals surface area contributed by atoms with Crippen molar-refractivity contribution in [3.63, 3.8) is 0 Å². The maximum atomic E-state index is 7.31. The van der Waals surface area contributed by atoms with Gasteiger partial charge in [-0.3, -0.25) is 4.99 Å². The Hall–Kier alpha value is -1.18. The zero-order valence-electron chi connectivity index (χ0n) is 7.31. The van der Waals surface area contributed by atoms with Crippen LogP contribution in [-0.2, 0) is 0 Å². The number of rotatable bonds is 3. The summed E-state index contributed by atoms with van der Waals surface area (Å²) in [5.41, 5.74) is 2.12. The maximum absolute atomic E-state index is 7.31. The molecule has 2 nitrogen and oxygen atoms in total. The molecule has 0 saturated heterocycles. The predicted octanol–water partition coefficient (Wildman–Crippen LogP) is 2.58. The van der Waals surface area contributed by atoms with Gasteiger partial charge in [-0.25, -0.2) is 0 Å². The Labute approximate surface area is 67.9 Å². The largest absolute Gasteiger partial charge is 0.305 e. The number of allylic oxidation sites excluding steroid dienone is 3. The van der Waals surface area contributed by atoms with Gasteiger partial charge in [-0.05, 0) is 20.8 Å². The molecule has 0 aliphatic carbocycles. The summed E-state index contributed by atoms with van der Waals surface area (Å²) in [5.74, 6) is 0. The fourth-order valence-corrected chi connectivity index (χ4v) is 0.568.